The highest BCUT2D eigenvalue weighted by Gasteiger charge is 2.35. The minimum atomic E-state index is -4.67. The summed E-state index contributed by atoms with van der Waals surface area (Å²) in [6.45, 7) is 2.33. The normalized spacial score (nSPS) is 15.6. The zero-order valence-corrected chi connectivity index (χ0v) is 24.7. The molecule has 0 saturated carbocycles. The molecule has 4 aromatic rings. The van der Waals surface area contributed by atoms with Crippen LogP contribution in [0.25, 0.3) is 23.3 Å². The molecule has 6 nitrogen and oxygen atoms in total. The van der Waals surface area contributed by atoms with E-state index in [1.54, 1.807) is 17.0 Å². The molecule has 1 aromatic heterocycles. The summed E-state index contributed by atoms with van der Waals surface area (Å²) in [5.74, 6) is -0.797. The van der Waals surface area contributed by atoms with Crippen molar-refractivity contribution in [2.45, 2.75) is 51.6 Å². The van der Waals surface area contributed by atoms with Gasteiger partial charge >= 0.3 is 12.1 Å². The number of rotatable bonds is 9. The Hall–Kier alpha value is -4.94. The van der Waals surface area contributed by atoms with Gasteiger partial charge in [0, 0.05) is 30.1 Å². The van der Waals surface area contributed by atoms with Crippen molar-refractivity contribution in [3.05, 3.63) is 118 Å². The predicted octanol–water partition coefficient (Wildman–Crippen LogP) is 8.14. The molecular formula is C36H32F3N3O3. The average molecular weight is 612 g/mol. The Labute approximate surface area is 260 Å². The standard InChI is InChI=1S/C36H32F3N3O3/c1-24-27(10-7-11-31(24)28-8-3-2-4-9-28)13-14-29-18-34(45-23-26-16-25(19-40)20-41-21-26)30(17-32(29)36(37,38)39)22-42-15-6-5-12-33(42)35(43)44/h2-4,7-11,13-14,16-18,20-21,33H,5-6,12,15,22-23H2,1H3,(H,43,44)/b14-13+. The van der Waals surface area contributed by atoms with E-state index in [1.165, 1.54) is 24.5 Å². The monoisotopic (exact) mass is 611 g/mol. The number of hydrogen-bond donors (Lipinski definition) is 1. The number of aliphatic carboxylic acids is 1. The van der Waals surface area contributed by atoms with Crippen LogP contribution in [0.4, 0.5) is 13.2 Å². The van der Waals surface area contributed by atoms with Crippen molar-refractivity contribution < 1.29 is 27.8 Å². The molecule has 5 rings (SSSR count). The van der Waals surface area contributed by atoms with Crippen LogP contribution in [0.15, 0.2) is 79.1 Å². The van der Waals surface area contributed by atoms with Crippen molar-refractivity contribution >= 4 is 18.1 Å². The predicted molar refractivity (Wildman–Crippen MR) is 166 cm³/mol. The summed E-state index contributed by atoms with van der Waals surface area (Å²) >= 11 is 0. The Morgan fingerprint density at radius 1 is 1.07 bits per heavy atom. The minimum absolute atomic E-state index is 0.0198. The number of likely N-dealkylation sites (tertiary alicyclic amines) is 1. The molecule has 0 amide bonds. The molecule has 45 heavy (non-hydrogen) atoms. The third-order valence-corrected chi connectivity index (χ3v) is 8.03. The van der Waals surface area contributed by atoms with Gasteiger partial charge in [-0.2, -0.15) is 18.4 Å². The topological polar surface area (TPSA) is 86.5 Å². The number of hydrogen-bond acceptors (Lipinski definition) is 5. The van der Waals surface area contributed by atoms with Crippen molar-refractivity contribution in [3.63, 3.8) is 0 Å². The highest BCUT2D eigenvalue weighted by atomic mass is 19.4. The fourth-order valence-corrected chi connectivity index (χ4v) is 5.69. The third kappa shape index (κ3) is 7.59. The van der Waals surface area contributed by atoms with Gasteiger partial charge in [0.2, 0.25) is 0 Å². The smallest absolute Gasteiger partial charge is 0.417 e. The van der Waals surface area contributed by atoms with Crippen LogP contribution in [-0.4, -0.2) is 33.5 Å². The molecule has 230 valence electrons. The van der Waals surface area contributed by atoms with Gasteiger partial charge in [-0.25, -0.2) is 0 Å². The maximum Gasteiger partial charge on any atom is 0.417 e. The number of piperidine rings is 1. The first-order valence-corrected chi connectivity index (χ1v) is 14.6. The molecule has 1 atom stereocenters. The number of carboxylic acids is 1. The molecule has 1 aliphatic rings. The summed E-state index contributed by atoms with van der Waals surface area (Å²) in [6.07, 6.45) is 3.28. The van der Waals surface area contributed by atoms with Crippen LogP contribution in [0.1, 0.15) is 58.2 Å². The van der Waals surface area contributed by atoms with E-state index in [0.717, 1.165) is 41.2 Å². The van der Waals surface area contributed by atoms with E-state index in [2.05, 4.69) is 4.98 Å². The Balaban J connectivity index is 1.56. The lowest BCUT2D eigenvalue weighted by atomic mass is 9.95. The van der Waals surface area contributed by atoms with Crippen molar-refractivity contribution in [2.24, 2.45) is 0 Å². The number of benzene rings is 3. The van der Waals surface area contributed by atoms with E-state index in [4.69, 9.17) is 4.74 Å². The summed E-state index contributed by atoms with van der Waals surface area (Å²) in [7, 11) is 0. The van der Waals surface area contributed by atoms with E-state index in [9.17, 15) is 28.3 Å². The van der Waals surface area contributed by atoms with E-state index in [0.29, 0.717) is 24.1 Å². The van der Waals surface area contributed by atoms with Gasteiger partial charge in [-0.05, 0) is 72.3 Å². The molecule has 0 radical (unpaired) electrons. The lowest BCUT2D eigenvalue weighted by molar-refractivity contribution is -0.145. The Morgan fingerprint density at radius 3 is 2.58 bits per heavy atom. The van der Waals surface area contributed by atoms with Gasteiger partial charge in [0.15, 0.2) is 0 Å². The van der Waals surface area contributed by atoms with Crippen LogP contribution in [0, 0.1) is 18.3 Å². The quantitative estimate of drug-likeness (QED) is 0.192. The summed E-state index contributed by atoms with van der Waals surface area (Å²) in [5.41, 5.74) is 3.91. The third-order valence-electron chi connectivity index (χ3n) is 8.03. The second-order valence-corrected chi connectivity index (χ2v) is 11.1. The molecular weight excluding hydrogens is 579 g/mol. The average Bonchev–Trinajstić information content (AvgIpc) is 3.04. The maximum absolute atomic E-state index is 14.5. The summed E-state index contributed by atoms with van der Waals surface area (Å²) in [5, 5.41) is 19.0. The van der Waals surface area contributed by atoms with Crippen molar-refractivity contribution in [1.82, 2.24) is 9.88 Å². The second kappa shape index (κ2) is 13.8. The highest BCUT2D eigenvalue weighted by Crippen LogP contribution is 2.38. The second-order valence-electron chi connectivity index (χ2n) is 11.1. The van der Waals surface area contributed by atoms with Gasteiger partial charge in [-0.15, -0.1) is 0 Å². The molecule has 2 heterocycles. The number of ether oxygens (including phenoxy) is 1. The summed E-state index contributed by atoms with van der Waals surface area (Å²) in [4.78, 5) is 17.7. The number of aromatic nitrogens is 1. The van der Waals surface area contributed by atoms with Gasteiger partial charge in [-0.1, -0.05) is 67.1 Å². The molecule has 0 spiro atoms. The lowest BCUT2D eigenvalue weighted by Crippen LogP contribution is -2.44. The molecule has 0 aliphatic carbocycles. The van der Waals surface area contributed by atoms with E-state index >= 15 is 0 Å². The van der Waals surface area contributed by atoms with Gasteiger partial charge < -0.3 is 9.84 Å². The molecule has 1 aliphatic heterocycles. The van der Waals surface area contributed by atoms with Gasteiger partial charge in [-0.3, -0.25) is 14.7 Å². The Kier molecular flexibility index (Phi) is 9.65. The molecule has 9 heteroatoms. The van der Waals surface area contributed by atoms with Crippen molar-refractivity contribution in [2.75, 3.05) is 6.54 Å². The van der Waals surface area contributed by atoms with E-state index in [-0.39, 0.29) is 30.0 Å². The Bertz CT molecular complexity index is 1750. The zero-order chi connectivity index (χ0) is 32.0. The van der Waals surface area contributed by atoms with Crippen molar-refractivity contribution in [3.8, 4) is 22.9 Å². The van der Waals surface area contributed by atoms with E-state index in [1.807, 2.05) is 61.5 Å². The number of halogens is 3. The summed E-state index contributed by atoms with van der Waals surface area (Å²) < 4.78 is 49.7. The molecule has 1 saturated heterocycles. The zero-order valence-electron chi connectivity index (χ0n) is 24.7. The largest absolute Gasteiger partial charge is 0.488 e. The van der Waals surface area contributed by atoms with Crippen LogP contribution in [-0.2, 0) is 24.1 Å². The summed E-state index contributed by atoms with van der Waals surface area (Å²) in [6, 6.07) is 20.7. The molecule has 1 fully saturated rings. The SMILES string of the molecule is Cc1c(/C=C/c2cc(OCc3cncc(C#N)c3)c(CN3CCCCC3C(=O)O)cc2C(F)(F)F)cccc1-c1ccccc1. The Morgan fingerprint density at radius 2 is 1.84 bits per heavy atom. The molecule has 1 unspecified atom stereocenters. The maximum atomic E-state index is 14.5. The first kappa shape index (κ1) is 31.5. The van der Waals surface area contributed by atoms with Gasteiger partial charge in [0.05, 0.1) is 11.1 Å². The first-order valence-electron chi connectivity index (χ1n) is 14.6. The fourth-order valence-electron chi connectivity index (χ4n) is 5.69. The highest BCUT2D eigenvalue weighted by molar-refractivity contribution is 5.78. The van der Waals surface area contributed by atoms with Crippen LogP contribution in [0.2, 0.25) is 0 Å². The molecule has 0 bridgehead atoms. The van der Waals surface area contributed by atoms with E-state index < -0.39 is 23.8 Å². The van der Waals surface area contributed by atoms with Gasteiger partial charge in [0.25, 0.3) is 0 Å². The number of carboxylic acid groups (broad SMARTS) is 1. The lowest BCUT2D eigenvalue weighted by Gasteiger charge is -2.33. The molecule has 1 N–H and O–H groups in total. The minimum Gasteiger partial charge on any atom is -0.488 e. The number of nitrogens with zero attached hydrogens (tertiary/aromatic N) is 3. The van der Waals surface area contributed by atoms with Gasteiger partial charge in [0.1, 0.15) is 24.5 Å². The number of alkyl halides is 3. The molecule has 3 aromatic carbocycles. The number of nitriles is 1. The number of carbonyl (C=O) groups is 1. The van der Waals surface area contributed by atoms with Crippen LogP contribution >= 0.6 is 0 Å². The van der Waals surface area contributed by atoms with Crippen LogP contribution in [0.5, 0.6) is 5.75 Å². The first-order chi connectivity index (χ1) is 21.6. The van der Waals surface area contributed by atoms with Crippen LogP contribution < -0.4 is 4.74 Å². The van der Waals surface area contributed by atoms with Crippen molar-refractivity contribution in [1.29, 1.82) is 5.26 Å². The number of pyridine rings is 1. The van der Waals surface area contributed by atoms with Crippen LogP contribution in [0.3, 0.4) is 0 Å². The fraction of sp³-hybridized carbons (Fsp3) is 0.250.